The van der Waals surface area contributed by atoms with Gasteiger partial charge >= 0.3 is 0 Å². The van der Waals surface area contributed by atoms with Gasteiger partial charge in [0.25, 0.3) is 11.1 Å². The van der Waals surface area contributed by atoms with E-state index in [9.17, 15) is 14.4 Å². The van der Waals surface area contributed by atoms with Crippen molar-refractivity contribution < 1.29 is 23.9 Å². The van der Waals surface area contributed by atoms with E-state index in [-0.39, 0.29) is 18.1 Å². The molecule has 0 unspecified atom stereocenters. The first-order chi connectivity index (χ1) is 15.7. The summed E-state index contributed by atoms with van der Waals surface area (Å²) in [5.74, 6) is 2.24. The molecule has 3 amide bonds. The van der Waals surface area contributed by atoms with E-state index >= 15 is 0 Å². The van der Waals surface area contributed by atoms with Gasteiger partial charge in [0.2, 0.25) is 5.91 Å². The number of nitrogens with zero attached hydrogens (tertiary/aromatic N) is 1. The molecule has 0 aromatic heterocycles. The van der Waals surface area contributed by atoms with Crippen LogP contribution in [0.1, 0.15) is 16.7 Å². The molecule has 33 heavy (non-hydrogen) atoms. The SMILES string of the molecule is C#CCOc1c(Br)cc(/C=C2\SC(=O)N(CC(=O)Nc3cccc(C)c3C)C2=O)cc1OC. The van der Waals surface area contributed by atoms with Crippen LogP contribution in [0.3, 0.4) is 0 Å². The maximum absolute atomic E-state index is 12.8. The fourth-order valence-electron chi connectivity index (χ4n) is 3.08. The fourth-order valence-corrected chi connectivity index (χ4v) is 4.50. The molecule has 0 spiro atoms. The summed E-state index contributed by atoms with van der Waals surface area (Å²) in [5.41, 5.74) is 3.21. The van der Waals surface area contributed by atoms with Gasteiger partial charge in [0.1, 0.15) is 13.2 Å². The molecule has 0 radical (unpaired) electrons. The number of benzene rings is 2. The predicted molar refractivity (Wildman–Crippen MR) is 132 cm³/mol. The number of nitrogens with one attached hydrogen (secondary N) is 1. The van der Waals surface area contributed by atoms with Crippen LogP contribution in [0.4, 0.5) is 10.5 Å². The van der Waals surface area contributed by atoms with Gasteiger partial charge in [0.05, 0.1) is 16.5 Å². The van der Waals surface area contributed by atoms with E-state index in [0.29, 0.717) is 27.2 Å². The van der Waals surface area contributed by atoms with Gasteiger partial charge < -0.3 is 14.8 Å². The molecule has 1 aliphatic rings. The molecule has 2 aromatic rings. The van der Waals surface area contributed by atoms with Crippen LogP contribution in [0.2, 0.25) is 0 Å². The third-order valence-electron chi connectivity index (χ3n) is 4.90. The van der Waals surface area contributed by atoms with Crippen molar-refractivity contribution in [3.05, 3.63) is 56.4 Å². The molecule has 1 N–H and O–H groups in total. The molecule has 2 aromatic carbocycles. The number of ether oxygens (including phenoxy) is 2. The Bertz CT molecular complexity index is 1200. The lowest BCUT2D eigenvalue weighted by Crippen LogP contribution is -2.36. The molecule has 0 saturated carbocycles. The van der Waals surface area contributed by atoms with Gasteiger partial charge in [-0.3, -0.25) is 19.3 Å². The monoisotopic (exact) mass is 528 g/mol. The van der Waals surface area contributed by atoms with Crippen LogP contribution >= 0.6 is 27.7 Å². The zero-order chi connectivity index (χ0) is 24.1. The second-order valence-electron chi connectivity index (χ2n) is 7.09. The number of aryl methyl sites for hydroxylation is 1. The number of hydrogen-bond donors (Lipinski definition) is 1. The number of carbonyl (C=O) groups excluding carboxylic acids is 3. The molecule has 170 valence electrons. The molecule has 7 nitrogen and oxygen atoms in total. The van der Waals surface area contributed by atoms with Gasteiger partial charge in [-0.1, -0.05) is 18.1 Å². The summed E-state index contributed by atoms with van der Waals surface area (Å²) < 4.78 is 11.4. The number of anilines is 1. The Kier molecular flexibility index (Phi) is 7.84. The Labute approximate surface area is 204 Å². The summed E-state index contributed by atoms with van der Waals surface area (Å²) in [5, 5.41) is 2.25. The summed E-state index contributed by atoms with van der Waals surface area (Å²) >= 11 is 4.18. The van der Waals surface area contributed by atoms with E-state index in [4.69, 9.17) is 15.9 Å². The maximum atomic E-state index is 12.8. The highest BCUT2D eigenvalue weighted by Gasteiger charge is 2.36. The Morgan fingerprint density at radius 2 is 2.06 bits per heavy atom. The lowest BCUT2D eigenvalue weighted by atomic mass is 10.1. The lowest BCUT2D eigenvalue weighted by Gasteiger charge is -2.14. The zero-order valence-corrected chi connectivity index (χ0v) is 20.6. The van der Waals surface area contributed by atoms with Crippen molar-refractivity contribution in [3.63, 3.8) is 0 Å². The molecule has 1 aliphatic heterocycles. The first kappa shape index (κ1) is 24.4. The van der Waals surface area contributed by atoms with E-state index in [0.717, 1.165) is 27.8 Å². The lowest BCUT2D eigenvalue weighted by molar-refractivity contribution is -0.127. The Hall–Kier alpha value is -3.22. The Balaban J connectivity index is 1.77. The van der Waals surface area contributed by atoms with E-state index < -0.39 is 17.1 Å². The second-order valence-corrected chi connectivity index (χ2v) is 8.94. The van der Waals surface area contributed by atoms with Crippen molar-refractivity contribution in [1.82, 2.24) is 4.90 Å². The summed E-state index contributed by atoms with van der Waals surface area (Å²) in [6, 6.07) is 8.92. The number of methoxy groups -OCH3 is 1. The third-order valence-corrected chi connectivity index (χ3v) is 6.40. The maximum Gasteiger partial charge on any atom is 0.294 e. The van der Waals surface area contributed by atoms with Gasteiger partial charge in [0.15, 0.2) is 11.5 Å². The number of amides is 3. The molecule has 0 aliphatic carbocycles. The van der Waals surface area contributed by atoms with Crippen molar-refractivity contribution in [2.45, 2.75) is 13.8 Å². The van der Waals surface area contributed by atoms with Crippen LogP contribution in [0.25, 0.3) is 6.08 Å². The molecule has 1 fully saturated rings. The third kappa shape index (κ3) is 5.59. The van der Waals surface area contributed by atoms with Gasteiger partial charge in [0, 0.05) is 5.69 Å². The Morgan fingerprint density at radius 1 is 1.30 bits per heavy atom. The smallest absolute Gasteiger partial charge is 0.294 e. The minimum Gasteiger partial charge on any atom is -0.493 e. The summed E-state index contributed by atoms with van der Waals surface area (Å²) in [6.45, 7) is 3.52. The van der Waals surface area contributed by atoms with Crippen molar-refractivity contribution in [2.75, 3.05) is 25.6 Å². The van der Waals surface area contributed by atoms with Gasteiger partial charge in [-0.25, -0.2) is 0 Å². The van der Waals surface area contributed by atoms with Crippen molar-refractivity contribution >= 4 is 56.5 Å². The standard InChI is InChI=1S/C24H21BrN2O5S/c1-5-9-32-22-17(25)10-16(11-19(22)31-4)12-20-23(29)27(24(30)33-20)13-21(28)26-18-8-6-7-14(2)15(18)3/h1,6-8,10-12H,9,13H2,2-4H3,(H,26,28)/b20-12-. The number of rotatable bonds is 7. The highest BCUT2D eigenvalue weighted by molar-refractivity contribution is 9.10. The summed E-state index contributed by atoms with van der Waals surface area (Å²) in [7, 11) is 1.48. The number of imide groups is 1. The minimum atomic E-state index is -0.538. The first-order valence-corrected chi connectivity index (χ1v) is 11.4. The largest absolute Gasteiger partial charge is 0.493 e. The highest BCUT2D eigenvalue weighted by atomic mass is 79.9. The zero-order valence-electron chi connectivity index (χ0n) is 18.2. The minimum absolute atomic E-state index is 0.0668. The van der Waals surface area contributed by atoms with Crippen LogP contribution in [0.15, 0.2) is 39.7 Å². The molecule has 1 saturated heterocycles. The van der Waals surface area contributed by atoms with Crippen LogP contribution in [-0.2, 0) is 9.59 Å². The quantitative estimate of drug-likeness (QED) is 0.411. The topological polar surface area (TPSA) is 84.9 Å². The van der Waals surface area contributed by atoms with Crippen LogP contribution in [0, 0.1) is 26.2 Å². The van der Waals surface area contributed by atoms with Crippen molar-refractivity contribution in [2.24, 2.45) is 0 Å². The summed E-state index contributed by atoms with van der Waals surface area (Å²) in [4.78, 5) is 38.9. The molecule has 3 rings (SSSR count). The fraction of sp³-hybridized carbons (Fsp3) is 0.208. The van der Waals surface area contributed by atoms with Gasteiger partial charge in [-0.15, -0.1) is 6.42 Å². The highest BCUT2D eigenvalue weighted by Crippen LogP contribution is 2.39. The molecular formula is C24H21BrN2O5S. The van der Waals surface area contributed by atoms with Crippen LogP contribution < -0.4 is 14.8 Å². The van der Waals surface area contributed by atoms with E-state index in [1.807, 2.05) is 26.0 Å². The normalized spacial score (nSPS) is 14.4. The molecule has 9 heteroatoms. The molecule has 0 atom stereocenters. The molecule has 1 heterocycles. The van der Waals surface area contributed by atoms with E-state index in [1.165, 1.54) is 7.11 Å². The van der Waals surface area contributed by atoms with Crippen LogP contribution in [-0.4, -0.2) is 42.2 Å². The second kappa shape index (κ2) is 10.6. The van der Waals surface area contributed by atoms with Crippen LogP contribution in [0.5, 0.6) is 11.5 Å². The molecular weight excluding hydrogens is 508 g/mol. The Morgan fingerprint density at radius 3 is 2.76 bits per heavy atom. The number of halogens is 1. The van der Waals surface area contributed by atoms with Crippen molar-refractivity contribution in [3.8, 4) is 23.8 Å². The number of thioether (sulfide) groups is 1. The number of carbonyl (C=O) groups is 3. The van der Waals surface area contributed by atoms with Crippen molar-refractivity contribution in [1.29, 1.82) is 0 Å². The van der Waals surface area contributed by atoms with Gasteiger partial charge in [-0.2, -0.15) is 0 Å². The van der Waals surface area contributed by atoms with E-state index in [2.05, 4.69) is 27.2 Å². The average molecular weight is 529 g/mol. The summed E-state index contributed by atoms with van der Waals surface area (Å²) in [6.07, 6.45) is 6.80. The number of hydrogen-bond acceptors (Lipinski definition) is 6. The van der Waals surface area contributed by atoms with Gasteiger partial charge in [-0.05, 0) is 82.5 Å². The average Bonchev–Trinajstić information content (AvgIpc) is 3.03. The number of terminal acetylenes is 1. The van der Waals surface area contributed by atoms with E-state index in [1.54, 1.807) is 24.3 Å². The predicted octanol–water partition coefficient (Wildman–Crippen LogP) is 4.76. The first-order valence-electron chi connectivity index (χ1n) is 9.80. The molecule has 0 bridgehead atoms.